The van der Waals surface area contributed by atoms with Gasteiger partial charge in [-0.1, -0.05) is 0 Å². The van der Waals surface area contributed by atoms with Crippen LogP contribution in [0.15, 0.2) is 18.2 Å². The van der Waals surface area contributed by atoms with Gasteiger partial charge >= 0.3 is 5.97 Å². The number of hydrogen-bond donors (Lipinski definition) is 1. The molecule has 0 aliphatic carbocycles. The molecule has 0 radical (unpaired) electrons. The van der Waals surface area contributed by atoms with Crippen LogP contribution in [0, 0.1) is 0 Å². The topological polar surface area (TPSA) is 104 Å². The number of aliphatic carboxylic acids is 1. The molecule has 1 amide bonds. The van der Waals surface area contributed by atoms with E-state index in [-0.39, 0.29) is 25.1 Å². The Kier molecular flexibility index (Phi) is 4.46. The zero-order valence-corrected chi connectivity index (χ0v) is 14.8. The molecule has 3 rings (SSSR count). The number of carbonyl (C=O) groups is 2. The van der Waals surface area contributed by atoms with Gasteiger partial charge in [0.25, 0.3) is 5.91 Å². The van der Waals surface area contributed by atoms with Crippen LogP contribution in [0.3, 0.4) is 0 Å². The van der Waals surface area contributed by atoms with Crippen molar-refractivity contribution in [2.45, 2.75) is 25.5 Å². The predicted octanol–water partition coefficient (Wildman–Crippen LogP) is 0.323. The molecule has 0 saturated carbocycles. The molecular weight excluding hydrogens is 348 g/mol. The molecule has 2 aliphatic heterocycles. The molecule has 2 aliphatic rings. The highest BCUT2D eigenvalue weighted by Crippen LogP contribution is 2.35. The average Bonchev–Trinajstić information content (AvgIpc) is 2.89. The Morgan fingerprint density at radius 2 is 2.04 bits per heavy atom. The Labute approximate surface area is 146 Å². The van der Waals surface area contributed by atoms with Crippen LogP contribution in [0.4, 0.5) is 5.69 Å². The Balaban J connectivity index is 1.85. The fourth-order valence-corrected chi connectivity index (χ4v) is 4.67. The summed E-state index contributed by atoms with van der Waals surface area (Å²) < 4.78 is 30.4. The molecule has 1 saturated heterocycles. The normalized spacial score (nSPS) is 23.4. The van der Waals surface area contributed by atoms with Crippen molar-refractivity contribution in [2.24, 2.45) is 0 Å². The molecule has 1 fully saturated rings. The van der Waals surface area contributed by atoms with Gasteiger partial charge in [0.05, 0.1) is 25.1 Å². The molecule has 0 bridgehead atoms. The lowest BCUT2D eigenvalue weighted by Gasteiger charge is -2.31. The van der Waals surface area contributed by atoms with Crippen molar-refractivity contribution < 1.29 is 27.9 Å². The number of rotatable bonds is 3. The van der Waals surface area contributed by atoms with E-state index in [1.807, 2.05) is 6.92 Å². The molecular formula is C16H20N2O6S. The summed E-state index contributed by atoms with van der Waals surface area (Å²) in [5.41, 5.74) is 1.82. The van der Waals surface area contributed by atoms with Crippen molar-refractivity contribution in [3.05, 3.63) is 29.3 Å². The van der Waals surface area contributed by atoms with Gasteiger partial charge < -0.3 is 14.7 Å². The van der Waals surface area contributed by atoms with Crippen molar-refractivity contribution in [3.8, 4) is 0 Å². The van der Waals surface area contributed by atoms with E-state index in [4.69, 9.17) is 9.84 Å². The summed E-state index contributed by atoms with van der Waals surface area (Å²) in [5, 5.41) is 9.04. The number of hydrogen-bond acceptors (Lipinski definition) is 5. The lowest BCUT2D eigenvalue weighted by Crippen LogP contribution is -2.48. The van der Waals surface area contributed by atoms with Crippen LogP contribution < -0.4 is 4.31 Å². The number of fused-ring (bicyclic) bond motifs is 1. The minimum absolute atomic E-state index is 0.00286. The van der Waals surface area contributed by atoms with Gasteiger partial charge in [0.2, 0.25) is 10.0 Å². The van der Waals surface area contributed by atoms with Crippen LogP contribution in [0.2, 0.25) is 0 Å². The van der Waals surface area contributed by atoms with Crippen LogP contribution >= 0.6 is 0 Å². The molecule has 0 aromatic heterocycles. The fraction of sp³-hybridized carbons (Fsp3) is 0.500. The first-order valence-corrected chi connectivity index (χ1v) is 9.79. The van der Waals surface area contributed by atoms with Gasteiger partial charge in [-0.15, -0.1) is 0 Å². The lowest BCUT2D eigenvalue weighted by atomic mass is 10.1. The minimum atomic E-state index is -3.38. The molecule has 136 valence electrons. The second-order valence-corrected chi connectivity index (χ2v) is 8.26. The van der Waals surface area contributed by atoms with Gasteiger partial charge in [0.1, 0.15) is 0 Å². The summed E-state index contributed by atoms with van der Waals surface area (Å²) in [7, 11) is -3.38. The number of amides is 1. The Morgan fingerprint density at radius 1 is 1.32 bits per heavy atom. The molecule has 2 atom stereocenters. The maximum atomic E-state index is 12.7. The van der Waals surface area contributed by atoms with Crippen LogP contribution in [0.25, 0.3) is 0 Å². The maximum absolute atomic E-state index is 12.7. The largest absolute Gasteiger partial charge is 0.479 e. The molecule has 0 spiro atoms. The Bertz CT molecular complexity index is 822. The number of ether oxygens (including phenoxy) is 1. The molecule has 2 unspecified atom stereocenters. The molecule has 1 aromatic carbocycles. The molecule has 25 heavy (non-hydrogen) atoms. The first kappa shape index (κ1) is 17.7. The van der Waals surface area contributed by atoms with Gasteiger partial charge in [0, 0.05) is 18.2 Å². The van der Waals surface area contributed by atoms with Crippen LogP contribution in [0.5, 0.6) is 0 Å². The number of nitrogens with zero attached hydrogens (tertiary/aromatic N) is 2. The van der Waals surface area contributed by atoms with E-state index in [1.54, 1.807) is 18.2 Å². The van der Waals surface area contributed by atoms with E-state index in [9.17, 15) is 18.0 Å². The van der Waals surface area contributed by atoms with Crippen molar-refractivity contribution >= 4 is 27.6 Å². The van der Waals surface area contributed by atoms with E-state index in [1.165, 1.54) is 9.21 Å². The number of morpholine rings is 1. The minimum Gasteiger partial charge on any atom is -0.479 e. The summed E-state index contributed by atoms with van der Waals surface area (Å²) >= 11 is 0. The van der Waals surface area contributed by atoms with Gasteiger partial charge in [0.15, 0.2) is 6.10 Å². The standard InChI is InChI=1S/C16H20N2O6S/c1-10-7-12-8-11(3-4-13(12)18(10)25(2,22)23)15(19)17-5-6-24-14(9-17)16(20)21/h3-4,8,10,14H,5-7,9H2,1-2H3,(H,20,21). The highest BCUT2D eigenvalue weighted by molar-refractivity contribution is 7.92. The molecule has 2 heterocycles. The SMILES string of the molecule is CC1Cc2cc(C(=O)N3CCOC(C(=O)O)C3)ccc2N1S(C)(=O)=O. The maximum Gasteiger partial charge on any atom is 0.334 e. The Morgan fingerprint density at radius 3 is 2.68 bits per heavy atom. The summed E-state index contributed by atoms with van der Waals surface area (Å²) in [4.78, 5) is 25.2. The van der Waals surface area contributed by atoms with Gasteiger partial charge in [-0.3, -0.25) is 9.10 Å². The first-order chi connectivity index (χ1) is 11.7. The summed E-state index contributed by atoms with van der Waals surface area (Å²) in [6.45, 7) is 2.32. The van der Waals surface area contributed by atoms with Gasteiger partial charge in [-0.05, 0) is 37.1 Å². The van der Waals surface area contributed by atoms with E-state index in [0.29, 0.717) is 24.2 Å². The number of benzene rings is 1. The molecule has 1 aromatic rings. The third-order valence-electron chi connectivity index (χ3n) is 4.47. The zero-order valence-electron chi connectivity index (χ0n) is 14.0. The number of carboxylic acids is 1. The van der Waals surface area contributed by atoms with E-state index in [0.717, 1.165) is 11.8 Å². The van der Waals surface area contributed by atoms with Crippen molar-refractivity contribution in [1.82, 2.24) is 4.90 Å². The highest BCUT2D eigenvalue weighted by atomic mass is 32.2. The fourth-order valence-electron chi connectivity index (χ4n) is 3.41. The number of anilines is 1. The second kappa shape index (κ2) is 6.30. The monoisotopic (exact) mass is 368 g/mol. The lowest BCUT2D eigenvalue weighted by molar-refractivity contribution is -0.154. The van der Waals surface area contributed by atoms with Crippen LogP contribution in [-0.4, -0.2) is 68.4 Å². The second-order valence-electron chi connectivity index (χ2n) is 6.40. The van der Waals surface area contributed by atoms with Gasteiger partial charge in [-0.2, -0.15) is 0 Å². The average molecular weight is 368 g/mol. The smallest absolute Gasteiger partial charge is 0.334 e. The van der Waals surface area contributed by atoms with E-state index in [2.05, 4.69) is 0 Å². The van der Waals surface area contributed by atoms with Crippen LogP contribution in [-0.2, 0) is 26.0 Å². The number of carbonyl (C=O) groups excluding carboxylic acids is 1. The Hall–Kier alpha value is -2.13. The van der Waals surface area contributed by atoms with Crippen molar-refractivity contribution in [3.63, 3.8) is 0 Å². The number of sulfonamides is 1. The third kappa shape index (κ3) is 3.34. The predicted molar refractivity (Wildman–Crippen MR) is 90.2 cm³/mol. The molecule has 1 N–H and O–H groups in total. The quantitative estimate of drug-likeness (QED) is 0.824. The summed E-state index contributed by atoms with van der Waals surface area (Å²) in [6.07, 6.45) is 0.676. The first-order valence-electron chi connectivity index (χ1n) is 7.94. The zero-order chi connectivity index (χ0) is 18.4. The third-order valence-corrected chi connectivity index (χ3v) is 5.74. The molecule has 9 heteroatoms. The van der Waals surface area contributed by atoms with Crippen molar-refractivity contribution in [2.75, 3.05) is 30.3 Å². The summed E-state index contributed by atoms with van der Waals surface area (Å²) in [5.74, 6) is -1.37. The van der Waals surface area contributed by atoms with Gasteiger partial charge in [-0.25, -0.2) is 13.2 Å². The van der Waals surface area contributed by atoms with E-state index < -0.39 is 22.1 Å². The van der Waals surface area contributed by atoms with E-state index >= 15 is 0 Å². The summed E-state index contributed by atoms with van der Waals surface area (Å²) in [6, 6.07) is 4.73. The highest BCUT2D eigenvalue weighted by Gasteiger charge is 2.34. The number of carboxylic acid groups (broad SMARTS) is 1. The van der Waals surface area contributed by atoms with Crippen LogP contribution in [0.1, 0.15) is 22.8 Å². The molecule has 8 nitrogen and oxygen atoms in total. The van der Waals surface area contributed by atoms with Crippen molar-refractivity contribution in [1.29, 1.82) is 0 Å².